The lowest BCUT2D eigenvalue weighted by Gasteiger charge is -2.39. The molecule has 0 saturated carbocycles. The quantitative estimate of drug-likeness (QED) is 0.638. The second-order valence-corrected chi connectivity index (χ2v) is 6.53. The maximum atomic E-state index is 12.9. The topological polar surface area (TPSA) is 43.8 Å². The number of nitrogens with zero attached hydrogens (tertiary/aromatic N) is 4. The Morgan fingerprint density at radius 2 is 2.00 bits per heavy atom. The Morgan fingerprint density at radius 3 is 2.58 bits per heavy atom. The number of hydrogen-bond acceptors (Lipinski definition) is 3. The first-order chi connectivity index (χ1) is 12.3. The molecule has 1 aromatic rings. The highest BCUT2D eigenvalue weighted by molar-refractivity contribution is 5.80. The van der Waals surface area contributed by atoms with E-state index >= 15 is 0 Å². The van der Waals surface area contributed by atoms with E-state index in [1.54, 1.807) is 6.20 Å². The molecule has 1 N–H and O–H groups in total. The Morgan fingerprint density at radius 1 is 1.31 bits per heavy atom. The molecule has 1 aliphatic rings. The molecule has 0 aliphatic carbocycles. The molecule has 8 heteroatoms. The van der Waals surface area contributed by atoms with Gasteiger partial charge in [0.05, 0.1) is 0 Å². The van der Waals surface area contributed by atoms with Crippen LogP contribution in [-0.4, -0.2) is 72.2 Å². The van der Waals surface area contributed by atoms with Gasteiger partial charge in [-0.05, 0) is 44.4 Å². The Kier molecular flexibility index (Phi) is 7.25. The minimum Gasteiger partial charge on any atom is -0.357 e. The molecule has 1 atom stereocenters. The van der Waals surface area contributed by atoms with Crippen LogP contribution in [0.2, 0.25) is 0 Å². The molecular formula is C18H28F3N5. The fourth-order valence-corrected chi connectivity index (χ4v) is 3.02. The number of alkyl halides is 3. The molecule has 0 radical (unpaired) electrons. The zero-order valence-electron chi connectivity index (χ0n) is 15.7. The summed E-state index contributed by atoms with van der Waals surface area (Å²) in [6, 6.07) is 0.591. The van der Waals surface area contributed by atoms with Gasteiger partial charge in [0, 0.05) is 51.7 Å². The summed E-state index contributed by atoms with van der Waals surface area (Å²) < 4.78 is 38.6. The zero-order valence-corrected chi connectivity index (χ0v) is 15.7. The van der Waals surface area contributed by atoms with E-state index < -0.39 is 12.2 Å². The summed E-state index contributed by atoms with van der Waals surface area (Å²) in [5, 5.41) is 3.25. The van der Waals surface area contributed by atoms with Crippen LogP contribution in [0.1, 0.15) is 25.0 Å². The molecule has 26 heavy (non-hydrogen) atoms. The molecule has 0 amide bonds. The van der Waals surface area contributed by atoms with Gasteiger partial charge in [-0.15, -0.1) is 0 Å². The van der Waals surface area contributed by atoms with Crippen LogP contribution in [0.25, 0.3) is 0 Å². The number of piperazine rings is 1. The van der Waals surface area contributed by atoms with Gasteiger partial charge in [-0.1, -0.05) is 0 Å². The molecule has 1 aliphatic heterocycles. The third-order valence-electron chi connectivity index (χ3n) is 4.75. The van der Waals surface area contributed by atoms with Crippen molar-refractivity contribution in [1.82, 2.24) is 20.1 Å². The summed E-state index contributed by atoms with van der Waals surface area (Å²) in [5.41, 5.74) is 2.35. The van der Waals surface area contributed by atoms with E-state index in [1.165, 1.54) is 17.4 Å². The van der Waals surface area contributed by atoms with Gasteiger partial charge in [0.2, 0.25) is 0 Å². The molecule has 146 valence electrons. The number of pyridine rings is 1. The lowest BCUT2D eigenvalue weighted by atomic mass is 10.1. The second-order valence-electron chi connectivity index (χ2n) is 6.53. The molecule has 0 bridgehead atoms. The monoisotopic (exact) mass is 371 g/mol. The number of rotatable bonds is 5. The number of aryl methyl sites for hydroxylation is 1. The van der Waals surface area contributed by atoms with Crippen LogP contribution >= 0.6 is 0 Å². The number of nitrogens with one attached hydrogen (secondary N) is 1. The van der Waals surface area contributed by atoms with Gasteiger partial charge in [0.1, 0.15) is 6.04 Å². The Hall–Kier alpha value is -1.83. The summed E-state index contributed by atoms with van der Waals surface area (Å²) in [5.74, 6) is 0.776. The van der Waals surface area contributed by atoms with Gasteiger partial charge in [-0.25, -0.2) is 0 Å². The van der Waals surface area contributed by atoms with Crippen molar-refractivity contribution in [2.24, 2.45) is 4.99 Å². The SMILES string of the molecule is CCNC(=NCCc1ccncc1C)N1CCN(C(C)C(F)(F)F)CC1. The largest absolute Gasteiger partial charge is 0.403 e. The highest BCUT2D eigenvalue weighted by Gasteiger charge is 2.41. The van der Waals surface area contributed by atoms with Crippen LogP contribution in [0.5, 0.6) is 0 Å². The van der Waals surface area contributed by atoms with Crippen molar-refractivity contribution in [2.75, 3.05) is 39.3 Å². The van der Waals surface area contributed by atoms with E-state index in [9.17, 15) is 13.2 Å². The van der Waals surface area contributed by atoms with Crippen molar-refractivity contribution in [1.29, 1.82) is 0 Å². The average Bonchev–Trinajstić information content (AvgIpc) is 2.61. The number of aliphatic imine (C=N–C) groups is 1. The van der Waals surface area contributed by atoms with Crippen LogP contribution in [-0.2, 0) is 6.42 Å². The molecule has 1 unspecified atom stereocenters. The van der Waals surface area contributed by atoms with Crippen molar-refractivity contribution in [2.45, 2.75) is 39.4 Å². The average molecular weight is 371 g/mol. The van der Waals surface area contributed by atoms with E-state index in [0.717, 1.165) is 24.5 Å². The zero-order chi connectivity index (χ0) is 19.2. The minimum atomic E-state index is -4.18. The number of halogens is 3. The second kappa shape index (κ2) is 9.21. The van der Waals surface area contributed by atoms with Crippen LogP contribution in [0.4, 0.5) is 13.2 Å². The molecule has 0 spiro atoms. The molecule has 0 aromatic carbocycles. The fraction of sp³-hybridized carbons (Fsp3) is 0.667. The van der Waals surface area contributed by atoms with E-state index in [4.69, 9.17) is 0 Å². The van der Waals surface area contributed by atoms with E-state index in [0.29, 0.717) is 32.7 Å². The standard InChI is InChI=1S/C18H28F3N5/c1-4-23-17(24-8-6-16-5-7-22-13-14(16)2)26-11-9-25(10-12-26)15(3)18(19,20)21/h5,7,13,15H,4,6,8-12H2,1-3H3,(H,23,24). The van der Waals surface area contributed by atoms with Gasteiger partial charge >= 0.3 is 6.18 Å². The third-order valence-corrected chi connectivity index (χ3v) is 4.75. The number of hydrogen-bond donors (Lipinski definition) is 1. The predicted octanol–water partition coefficient (Wildman–Crippen LogP) is 2.47. The first kappa shape index (κ1) is 20.5. The van der Waals surface area contributed by atoms with Crippen molar-refractivity contribution in [3.63, 3.8) is 0 Å². The van der Waals surface area contributed by atoms with Gasteiger partial charge < -0.3 is 10.2 Å². The Labute approximate surface area is 153 Å². The van der Waals surface area contributed by atoms with Crippen LogP contribution in [0.3, 0.4) is 0 Å². The fourth-order valence-electron chi connectivity index (χ4n) is 3.02. The van der Waals surface area contributed by atoms with Gasteiger partial charge in [0.15, 0.2) is 5.96 Å². The summed E-state index contributed by atoms with van der Waals surface area (Å²) in [4.78, 5) is 12.3. The van der Waals surface area contributed by atoms with Crippen LogP contribution < -0.4 is 5.32 Å². The first-order valence-corrected chi connectivity index (χ1v) is 9.06. The summed E-state index contributed by atoms with van der Waals surface area (Å²) in [7, 11) is 0. The molecule has 5 nitrogen and oxygen atoms in total. The molecule has 2 heterocycles. The maximum Gasteiger partial charge on any atom is 0.403 e. The van der Waals surface area contributed by atoms with Gasteiger partial charge in [-0.3, -0.25) is 14.9 Å². The smallest absolute Gasteiger partial charge is 0.357 e. The van der Waals surface area contributed by atoms with E-state index in [1.807, 2.05) is 31.0 Å². The molecule has 1 aromatic heterocycles. The molecule has 1 fully saturated rings. The van der Waals surface area contributed by atoms with Crippen LogP contribution in [0.15, 0.2) is 23.5 Å². The highest BCUT2D eigenvalue weighted by Crippen LogP contribution is 2.25. The number of aromatic nitrogens is 1. The van der Waals surface area contributed by atoms with Gasteiger partial charge in [-0.2, -0.15) is 13.2 Å². The molecule has 2 rings (SSSR count). The summed E-state index contributed by atoms with van der Waals surface area (Å²) >= 11 is 0. The summed E-state index contributed by atoms with van der Waals surface area (Å²) in [6.07, 6.45) is 0.251. The minimum absolute atomic E-state index is 0.383. The highest BCUT2D eigenvalue weighted by atomic mass is 19.4. The van der Waals surface area contributed by atoms with Gasteiger partial charge in [0.25, 0.3) is 0 Å². The van der Waals surface area contributed by atoms with Crippen molar-refractivity contribution >= 4 is 5.96 Å². The van der Waals surface area contributed by atoms with E-state index in [-0.39, 0.29) is 0 Å². The lowest BCUT2D eigenvalue weighted by molar-refractivity contribution is -0.181. The predicted molar refractivity (Wildman–Crippen MR) is 97.3 cm³/mol. The Balaban J connectivity index is 1.92. The molecular weight excluding hydrogens is 343 g/mol. The first-order valence-electron chi connectivity index (χ1n) is 9.06. The Bertz CT molecular complexity index is 595. The maximum absolute atomic E-state index is 12.9. The van der Waals surface area contributed by atoms with Crippen molar-refractivity contribution in [3.05, 3.63) is 29.6 Å². The lowest BCUT2D eigenvalue weighted by Crippen LogP contribution is -2.56. The van der Waals surface area contributed by atoms with Crippen molar-refractivity contribution in [3.8, 4) is 0 Å². The van der Waals surface area contributed by atoms with Crippen LogP contribution in [0, 0.1) is 6.92 Å². The molecule has 1 saturated heterocycles. The third kappa shape index (κ3) is 5.59. The van der Waals surface area contributed by atoms with Crippen molar-refractivity contribution < 1.29 is 13.2 Å². The number of guanidine groups is 1. The normalized spacial score (nSPS) is 18.1. The van der Waals surface area contributed by atoms with E-state index in [2.05, 4.69) is 15.3 Å². The summed E-state index contributed by atoms with van der Waals surface area (Å²) in [6.45, 7) is 8.46.